The Kier molecular flexibility index (Phi) is 1.15. The van der Waals surface area contributed by atoms with Gasteiger partial charge in [0.1, 0.15) is 5.52 Å². The van der Waals surface area contributed by atoms with Gasteiger partial charge in [-0.3, -0.25) is 5.73 Å². The van der Waals surface area contributed by atoms with Crippen LogP contribution in [0.15, 0.2) is 18.6 Å². The summed E-state index contributed by atoms with van der Waals surface area (Å²) in [6, 6.07) is 0. The van der Waals surface area contributed by atoms with E-state index in [9.17, 15) is 0 Å². The minimum atomic E-state index is -0.0296. The summed E-state index contributed by atoms with van der Waals surface area (Å²) in [7, 11) is 0. The summed E-state index contributed by atoms with van der Waals surface area (Å²) in [6.45, 7) is 0. The first-order valence-electron chi connectivity index (χ1n) is 3.01. The van der Waals surface area contributed by atoms with Gasteiger partial charge in [0.15, 0.2) is 5.65 Å². The molecule has 53 valence electrons. The molecule has 0 amide bonds. The van der Waals surface area contributed by atoms with Gasteiger partial charge in [-0.2, -0.15) is 4.98 Å². The van der Waals surface area contributed by atoms with Crippen molar-refractivity contribution < 1.29 is 0 Å². The molecule has 0 aliphatic heterocycles. The normalized spacial score (nSPS) is 10.2. The number of aromatic nitrogens is 4. The van der Waals surface area contributed by atoms with Crippen molar-refractivity contribution in [2.75, 3.05) is 0 Å². The third-order valence-electron chi connectivity index (χ3n) is 1.23. The monoisotopic (exact) mass is 146 g/mol. The van der Waals surface area contributed by atoms with E-state index in [2.05, 4.69) is 19.9 Å². The predicted octanol–water partition coefficient (Wildman–Crippen LogP) is 0.334. The van der Waals surface area contributed by atoms with Crippen LogP contribution in [0.5, 0.6) is 0 Å². The standard InChI is InChI=1S/C6H4N5/c7-6-10-3-4-5(11-6)9-2-1-8-4/h1-3,7H. The highest BCUT2D eigenvalue weighted by Crippen LogP contribution is 2.03. The summed E-state index contributed by atoms with van der Waals surface area (Å²) in [6.07, 6.45) is 4.59. The predicted molar refractivity (Wildman–Crippen MR) is 37.9 cm³/mol. The molecule has 2 aromatic rings. The molecule has 5 heteroatoms. The molecule has 0 atom stereocenters. The highest BCUT2D eigenvalue weighted by atomic mass is 15.0. The molecular weight excluding hydrogens is 142 g/mol. The number of rotatable bonds is 0. The fourth-order valence-corrected chi connectivity index (χ4v) is 0.770. The van der Waals surface area contributed by atoms with E-state index in [4.69, 9.17) is 5.73 Å². The van der Waals surface area contributed by atoms with Crippen LogP contribution < -0.4 is 5.73 Å². The fraction of sp³-hybridized carbons (Fsp3) is 0. The molecule has 1 N–H and O–H groups in total. The van der Waals surface area contributed by atoms with E-state index < -0.39 is 0 Å². The summed E-state index contributed by atoms with van der Waals surface area (Å²) >= 11 is 0. The molecule has 2 heterocycles. The minimum absolute atomic E-state index is 0.0296. The summed E-state index contributed by atoms with van der Waals surface area (Å²) in [5.41, 5.74) is 8.17. The maximum Gasteiger partial charge on any atom is 0.243 e. The van der Waals surface area contributed by atoms with Crippen molar-refractivity contribution in [1.29, 1.82) is 0 Å². The van der Waals surface area contributed by atoms with Crippen LogP contribution in [0.1, 0.15) is 0 Å². The number of hydrogen-bond donors (Lipinski definition) is 0. The first kappa shape index (κ1) is 5.96. The summed E-state index contributed by atoms with van der Waals surface area (Å²) in [5.74, 6) is -0.0296. The summed E-state index contributed by atoms with van der Waals surface area (Å²) < 4.78 is 0. The molecule has 0 spiro atoms. The zero-order valence-electron chi connectivity index (χ0n) is 5.52. The molecule has 2 rings (SSSR count). The lowest BCUT2D eigenvalue weighted by molar-refractivity contribution is 1.11. The van der Waals surface area contributed by atoms with Gasteiger partial charge < -0.3 is 0 Å². The van der Waals surface area contributed by atoms with E-state index in [0.29, 0.717) is 11.2 Å². The molecule has 0 fully saturated rings. The molecule has 0 aliphatic carbocycles. The van der Waals surface area contributed by atoms with Crippen molar-refractivity contribution in [2.45, 2.75) is 0 Å². The fourth-order valence-electron chi connectivity index (χ4n) is 0.770. The molecule has 0 saturated heterocycles. The van der Waals surface area contributed by atoms with E-state index in [1.165, 1.54) is 12.4 Å². The van der Waals surface area contributed by atoms with E-state index >= 15 is 0 Å². The van der Waals surface area contributed by atoms with Gasteiger partial charge >= 0.3 is 0 Å². The molecular formula is C6H4N5. The molecule has 0 aromatic carbocycles. The highest BCUT2D eigenvalue weighted by Gasteiger charge is 1.96. The van der Waals surface area contributed by atoms with Crippen LogP contribution in [0.4, 0.5) is 5.95 Å². The van der Waals surface area contributed by atoms with Crippen LogP contribution in [0.2, 0.25) is 0 Å². The van der Waals surface area contributed by atoms with Crippen molar-refractivity contribution in [2.24, 2.45) is 0 Å². The molecule has 0 unspecified atom stereocenters. The Morgan fingerprint density at radius 1 is 1.09 bits per heavy atom. The minimum Gasteiger partial charge on any atom is -0.265 e. The number of hydrogen-bond acceptors (Lipinski definition) is 4. The Hall–Kier alpha value is -1.78. The van der Waals surface area contributed by atoms with Gasteiger partial charge in [0.2, 0.25) is 5.95 Å². The van der Waals surface area contributed by atoms with Gasteiger partial charge in [0, 0.05) is 12.4 Å². The Morgan fingerprint density at radius 2 is 1.91 bits per heavy atom. The number of fused-ring (bicyclic) bond motifs is 1. The van der Waals surface area contributed by atoms with Gasteiger partial charge in [-0.15, -0.1) is 0 Å². The van der Waals surface area contributed by atoms with Gasteiger partial charge in [-0.25, -0.2) is 15.0 Å². The van der Waals surface area contributed by atoms with Crippen LogP contribution in [0, 0.1) is 0 Å². The smallest absolute Gasteiger partial charge is 0.243 e. The van der Waals surface area contributed by atoms with Gasteiger partial charge in [0.05, 0.1) is 6.20 Å². The summed E-state index contributed by atoms with van der Waals surface area (Å²) in [4.78, 5) is 15.3. The molecule has 5 nitrogen and oxygen atoms in total. The van der Waals surface area contributed by atoms with Crippen LogP contribution in [-0.4, -0.2) is 19.9 Å². The Bertz CT molecular complexity index is 385. The van der Waals surface area contributed by atoms with Crippen molar-refractivity contribution in [1.82, 2.24) is 25.7 Å². The average molecular weight is 146 g/mol. The zero-order valence-corrected chi connectivity index (χ0v) is 5.52. The van der Waals surface area contributed by atoms with E-state index in [-0.39, 0.29) is 5.95 Å². The maximum absolute atomic E-state index is 7.09. The maximum atomic E-state index is 7.09. The van der Waals surface area contributed by atoms with E-state index in [1.54, 1.807) is 6.20 Å². The zero-order chi connectivity index (χ0) is 7.68. The molecule has 1 radical (unpaired) electrons. The molecule has 0 aliphatic rings. The highest BCUT2D eigenvalue weighted by molar-refractivity contribution is 5.68. The molecule has 0 bridgehead atoms. The molecule has 2 aromatic heterocycles. The first-order valence-corrected chi connectivity index (χ1v) is 3.01. The lowest BCUT2D eigenvalue weighted by atomic mass is 10.5. The largest absolute Gasteiger partial charge is 0.265 e. The molecule has 11 heavy (non-hydrogen) atoms. The SMILES string of the molecule is [NH]c1ncc2nccnc2n1. The second kappa shape index (κ2) is 2.12. The van der Waals surface area contributed by atoms with Crippen molar-refractivity contribution in [3.8, 4) is 0 Å². The lowest BCUT2D eigenvalue weighted by Gasteiger charge is -1.92. The third kappa shape index (κ3) is 0.958. The Balaban J connectivity index is 2.83. The van der Waals surface area contributed by atoms with Crippen molar-refractivity contribution in [3.63, 3.8) is 0 Å². The number of nitrogens with zero attached hydrogens (tertiary/aromatic N) is 4. The van der Waals surface area contributed by atoms with Crippen molar-refractivity contribution >= 4 is 17.1 Å². The van der Waals surface area contributed by atoms with Crippen LogP contribution in [-0.2, 0) is 0 Å². The Labute approximate surface area is 62.3 Å². The first-order chi connectivity index (χ1) is 5.36. The van der Waals surface area contributed by atoms with Crippen molar-refractivity contribution in [3.05, 3.63) is 18.6 Å². The average Bonchev–Trinajstić information content (AvgIpc) is 2.04. The topological polar surface area (TPSA) is 75.4 Å². The van der Waals surface area contributed by atoms with Crippen LogP contribution in [0.3, 0.4) is 0 Å². The third-order valence-corrected chi connectivity index (χ3v) is 1.23. The molecule has 0 saturated carbocycles. The lowest BCUT2D eigenvalue weighted by Crippen LogP contribution is -1.89. The second-order valence-electron chi connectivity index (χ2n) is 1.96. The second-order valence-corrected chi connectivity index (χ2v) is 1.96. The van der Waals surface area contributed by atoms with Crippen LogP contribution >= 0.6 is 0 Å². The van der Waals surface area contributed by atoms with Gasteiger partial charge in [-0.1, -0.05) is 0 Å². The number of nitrogens with one attached hydrogen (secondary N) is 1. The van der Waals surface area contributed by atoms with Gasteiger partial charge in [-0.05, 0) is 0 Å². The summed E-state index contributed by atoms with van der Waals surface area (Å²) in [5, 5.41) is 0. The van der Waals surface area contributed by atoms with Gasteiger partial charge in [0.25, 0.3) is 0 Å². The van der Waals surface area contributed by atoms with Crippen LogP contribution in [0.25, 0.3) is 11.2 Å². The van der Waals surface area contributed by atoms with E-state index in [0.717, 1.165) is 0 Å². The Morgan fingerprint density at radius 3 is 2.82 bits per heavy atom. The quantitative estimate of drug-likeness (QED) is 0.536. The van der Waals surface area contributed by atoms with E-state index in [1.807, 2.05) is 0 Å².